The number of carbonyl (C=O) groups is 2. The Balaban J connectivity index is 1.18. The van der Waals surface area contributed by atoms with E-state index in [4.69, 9.17) is 0 Å². The number of piperidine rings is 1. The molecule has 4 bridgehead atoms. The first-order valence-corrected chi connectivity index (χ1v) is 10.7. The normalized spacial score (nSPS) is 40.8. The van der Waals surface area contributed by atoms with Crippen molar-refractivity contribution in [3.63, 3.8) is 0 Å². The van der Waals surface area contributed by atoms with Crippen molar-refractivity contribution >= 4 is 11.8 Å². The van der Waals surface area contributed by atoms with Gasteiger partial charge in [0.2, 0.25) is 11.8 Å². The summed E-state index contributed by atoms with van der Waals surface area (Å²) in [5.74, 6) is 3.48. The van der Waals surface area contributed by atoms with Gasteiger partial charge in [-0.2, -0.15) is 0 Å². The maximum atomic E-state index is 13.4. The highest BCUT2D eigenvalue weighted by molar-refractivity contribution is 5.83. The van der Waals surface area contributed by atoms with E-state index in [1.807, 2.05) is 0 Å². The Kier molecular flexibility index (Phi) is 3.87. The van der Waals surface area contributed by atoms with Crippen LogP contribution in [0.3, 0.4) is 0 Å². The predicted octanol–water partition coefficient (Wildman–Crippen LogP) is 3.11. The van der Waals surface area contributed by atoms with Crippen LogP contribution in [0, 0.1) is 29.1 Å². The van der Waals surface area contributed by atoms with Crippen LogP contribution in [0.2, 0.25) is 0 Å². The first-order chi connectivity index (χ1) is 12.1. The van der Waals surface area contributed by atoms with E-state index in [0.29, 0.717) is 5.91 Å². The number of rotatable bonds is 3. The molecule has 1 aliphatic heterocycles. The second-order valence-corrected chi connectivity index (χ2v) is 9.90. The summed E-state index contributed by atoms with van der Waals surface area (Å²) in [6, 6.07) is 0.286. The molecule has 5 aliphatic carbocycles. The molecular weight excluding hydrogens is 312 g/mol. The van der Waals surface area contributed by atoms with Crippen molar-refractivity contribution in [1.29, 1.82) is 0 Å². The molecule has 1 heterocycles. The molecule has 0 spiro atoms. The molecule has 0 aromatic heterocycles. The first kappa shape index (κ1) is 16.1. The molecule has 25 heavy (non-hydrogen) atoms. The molecular formula is C21H32N2O2. The SMILES string of the molecule is O=C(NC1CCN(C(=O)C23CC4CC(CC(C4)C2)C3)CC1)C1CCC1. The van der Waals surface area contributed by atoms with Gasteiger partial charge in [-0.15, -0.1) is 0 Å². The first-order valence-electron chi connectivity index (χ1n) is 10.7. The van der Waals surface area contributed by atoms with E-state index in [-0.39, 0.29) is 23.3 Å². The Morgan fingerprint density at radius 3 is 1.88 bits per heavy atom. The molecule has 5 saturated carbocycles. The highest BCUT2D eigenvalue weighted by Gasteiger charge is 2.55. The summed E-state index contributed by atoms with van der Waals surface area (Å²) in [5, 5.41) is 3.24. The van der Waals surface area contributed by atoms with Gasteiger partial charge in [0.15, 0.2) is 0 Å². The monoisotopic (exact) mass is 344 g/mol. The lowest BCUT2D eigenvalue weighted by Gasteiger charge is -2.57. The Labute approximate surface area is 151 Å². The van der Waals surface area contributed by atoms with Crippen LogP contribution in [-0.2, 0) is 9.59 Å². The number of hydrogen-bond acceptors (Lipinski definition) is 2. The molecule has 0 aromatic carbocycles. The molecule has 0 unspecified atom stereocenters. The second-order valence-electron chi connectivity index (χ2n) is 9.90. The number of likely N-dealkylation sites (tertiary alicyclic amines) is 1. The highest BCUT2D eigenvalue weighted by Crippen LogP contribution is 2.60. The smallest absolute Gasteiger partial charge is 0.228 e. The van der Waals surface area contributed by atoms with E-state index in [2.05, 4.69) is 10.2 Å². The summed E-state index contributed by atoms with van der Waals surface area (Å²) in [7, 11) is 0. The summed E-state index contributed by atoms with van der Waals surface area (Å²) in [4.78, 5) is 27.7. The van der Waals surface area contributed by atoms with Gasteiger partial charge in [-0.1, -0.05) is 6.42 Å². The maximum absolute atomic E-state index is 13.4. The van der Waals surface area contributed by atoms with E-state index in [1.165, 1.54) is 25.7 Å². The summed E-state index contributed by atoms with van der Waals surface area (Å²) in [5.41, 5.74) is -0.00321. The van der Waals surface area contributed by atoms with Gasteiger partial charge in [-0.3, -0.25) is 9.59 Å². The second kappa shape index (κ2) is 5.99. The van der Waals surface area contributed by atoms with Crippen LogP contribution < -0.4 is 5.32 Å². The Bertz CT molecular complexity index is 525. The zero-order valence-corrected chi connectivity index (χ0v) is 15.3. The van der Waals surface area contributed by atoms with Crippen molar-refractivity contribution in [3.05, 3.63) is 0 Å². The summed E-state index contributed by atoms with van der Waals surface area (Å²) < 4.78 is 0. The Morgan fingerprint density at radius 1 is 0.840 bits per heavy atom. The van der Waals surface area contributed by atoms with Crippen LogP contribution in [0.25, 0.3) is 0 Å². The summed E-state index contributed by atoms with van der Waals surface area (Å²) >= 11 is 0. The molecule has 0 aromatic rings. The molecule has 6 fully saturated rings. The van der Waals surface area contributed by atoms with E-state index in [1.54, 1.807) is 0 Å². The molecule has 4 nitrogen and oxygen atoms in total. The molecule has 4 heteroatoms. The quantitative estimate of drug-likeness (QED) is 0.855. The van der Waals surface area contributed by atoms with Crippen LogP contribution >= 0.6 is 0 Å². The molecule has 1 saturated heterocycles. The number of amides is 2. The van der Waals surface area contributed by atoms with E-state index >= 15 is 0 Å². The number of carbonyl (C=O) groups excluding carboxylic acids is 2. The predicted molar refractivity (Wildman–Crippen MR) is 95.7 cm³/mol. The summed E-state index contributed by atoms with van der Waals surface area (Å²) in [6.07, 6.45) is 12.9. The average molecular weight is 344 g/mol. The van der Waals surface area contributed by atoms with Crippen molar-refractivity contribution < 1.29 is 9.59 Å². The minimum absolute atomic E-state index is 0.00321. The Morgan fingerprint density at radius 2 is 1.40 bits per heavy atom. The minimum atomic E-state index is -0.00321. The van der Waals surface area contributed by atoms with Gasteiger partial charge < -0.3 is 10.2 Å². The van der Waals surface area contributed by atoms with Crippen molar-refractivity contribution in [2.24, 2.45) is 29.1 Å². The van der Waals surface area contributed by atoms with Crippen LogP contribution in [0.15, 0.2) is 0 Å². The summed E-state index contributed by atoms with van der Waals surface area (Å²) in [6.45, 7) is 1.69. The van der Waals surface area contributed by atoms with Gasteiger partial charge in [0.25, 0.3) is 0 Å². The fourth-order valence-corrected chi connectivity index (χ4v) is 6.92. The van der Waals surface area contributed by atoms with Gasteiger partial charge in [0.1, 0.15) is 0 Å². The molecule has 6 rings (SSSR count). The molecule has 0 radical (unpaired) electrons. The van der Waals surface area contributed by atoms with Crippen molar-refractivity contribution in [2.75, 3.05) is 13.1 Å². The number of nitrogens with zero attached hydrogens (tertiary/aromatic N) is 1. The van der Waals surface area contributed by atoms with Crippen molar-refractivity contribution in [1.82, 2.24) is 10.2 Å². The van der Waals surface area contributed by atoms with Gasteiger partial charge in [0, 0.05) is 25.0 Å². The number of nitrogens with one attached hydrogen (secondary N) is 1. The van der Waals surface area contributed by atoms with Crippen LogP contribution in [0.4, 0.5) is 0 Å². The van der Waals surface area contributed by atoms with Crippen LogP contribution in [-0.4, -0.2) is 35.8 Å². The molecule has 6 aliphatic rings. The lowest BCUT2D eigenvalue weighted by molar-refractivity contribution is -0.158. The third-order valence-electron chi connectivity index (χ3n) is 8.10. The van der Waals surface area contributed by atoms with E-state index in [9.17, 15) is 9.59 Å². The van der Waals surface area contributed by atoms with E-state index < -0.39 is 0 Å². The van der Waals surface area contributed by atoms with Crippen molar-refractivity contribution in [3.8, 4) is 0 Å². The zero-order chi connectivity index (χ0) is 17.0. The fourth-order valence-electron chi connectivity index (χ4n) is 6.92. The molecule has 1 N–H and O–H groups in total. The standard InChI is InChI=1S/C21H32N2O2/c24-19(17-2-1-3-17)22-18-4-6-23(7-5-18)20(25)21-11-14-8-15(12-21)10-16(9-14)13-21/h14-18H,1-13H2,(H,22,24). The highest BCUT2D eigenvalue weighted by atomic mass is 16.2. The van der Waals surface area contributed by atoms with Crippen molar-refractivity contribution in [2.45, 2.75) is 76.7 Å². The molecule has 138 valence electrons. The third-order valence-corrected chi connectivity index (χ3v) is 8.10. The number of hydrogen-bond donors (Lipinski definition) is 1. The maximum Gasteiger partial charge on any atom is 0.228 e. The minimum Gasteiger partial charge on any atom is -0.353 e. The molecule has 0 atom stereocenters. The van der Waals surface area contributed by atoms with Gasteiger partial charge >= 0.3 is 0 Å². The largest absolute Gasteiger partial charge is 0.353 e. The topological polar surface area (TPSA) is 49.4 Å². The zero-order valence-electron chi connectivity index (χ0n) is 15.3. The lowest BCUT2D eigenvalue weighted by atomic mass is 9.49. The Hall–Kier alpha value is -1.06. The molecule has 2 amide bonds. The fraction of sp³-hybridized carbons (Fsp3) is 0.905. The van der Waals surface area contributed by atoms with Gasteiger partial charge in [-0.05, 0) is 82.0 Å². The van der Waals surface area contributed by atoms with Crippen LogP contribution in [0.5, 0.6) is 0 Å². The van der Waals surface area contributed by atoms with Gasteiger partial charge in [-0.25, -0.2) is 0 Å². The van der Waals surface area contributed by atoms with Crippen LogP contribution in [0.1, 0.15) is 70.6 Å². The third kappa shape index (κ3) is 2.80. The average Bonchev–Trinajstić information content (AvgIpc) is 2.52. The lowest BCUT2D eigenvalue weighted by Crippen LogP contribution is -2.57. The van der Waals surface area contributed by atoms with Gasteiger partial charge in [0.05, 0.1) is 5.41 Å². The van der Waals surface area contributed by atoms with E-state index in [0.717, 1.165) is 75.8 Å².